The first kappa shape index (κ1) is 16.7. The Morgan fingerprint density at radius 2 is 1.57 bits per heavy atom. The van der Waals surface area contributed by atoms with Crippen molar-refractivity contribution in [3.63, 3.8) is 0 Å². The third kappa shape index (κ3) is 3.15. The maximum atomic E-state index is 2.24. The summed E-state index contributed by atoms with van der Waals surface area (Å²) in [5.41, 5.74) is 2.76. The number of hydrogen-bond acceptors (Lipinski definition) is 0. The summed E-state index contributed by atoms with van der Waals surface area (Å²) in [7, 11) is 0. The molecule has 0 radical (unpaired) electrons. The minimum absolute atomic E-state index is 0. The molecule has 0 nitrogen and oxygen atoms in total. The second-order valence-corrected chi connectivity index (χ2v) is 3.09. The molecule has 76 valence electrons. The van der Waals surface area contributed by atoms with Crippen molar-refractivity contribution in [2.24, 2.45) is 0 Å². The fourth-order valence-corrected chi connectivity index (χ4v) is 1.40. The fourth-order valence-electron chi connectivity index (χ4n) is 1.40. The molecule has 0 unspecified atom stereocenters. The number of aryl methyl sites for hydroxylation is 2. The molecule has 0 aliphatic rings. The predicted molar refractivity (Wildman–Crippen MR) is 49.0 cm³/mol. The van der Waals surface area contributed by atoms with Crippen LogP contribution in [0.2, 0.25) is 0 Å². The Bertz CT molecular complexity index is 357. The molecule has 0 heterocycles. The molecule has 2 rings (SSSR count). The molecule has 2 aromatic carbocycles. The van der Waals surface area contributed by atoms with E-state index in [1.807, 2.05) is 0 Å². The van der Waals surface area contributed by atoms with E-state index < -0.39 is 0 Å². The Balaban J connectivity index is 0. The number of benzene rings is 1. The van der Waals surface area contributed by atoms with E-state index in [9.17, 15) is 0 Å². The molecule has 14 heavy (non-hydrogen) atoms. The summed E-state index contributed by atoms with van der Waals surface area (Å²) >= 11 is 0. The van der Waals surface area contributed by atoms with Crippen molar-refractivity contribution in [1.29, 1.82) is 0 Å². The van der Waals surface area contributed by atoms with Gasteiger partial charge in [0.15, 0.2) is 0 Å². The molecular weight excluding hydrogens is 382 g/mol. The van der Waals surface area contributed by atoms with Gasteiger partial charge in [0.2, 0.25) is 0 Å². The SMILES string of the molecule is Cc1cc2cc[cH-]c2cc1C.[Cl-].[Cl-].[Hf]. The first-order valence-electron chi connectivity index (χ1n) is 3.90. The van der Waals surface area contributed by atoms with E-state index in [-0.39, 0.29) is 50.7 Å². The Kier molecular flexibility index (Phi) is 8.00. The molecule has 3 heteroatoms. The third-order valence-electron chi connectivity index (χ3n) is 2.25. The van der Waals surface area contributed by atoms with Crippen LogP contribution >= 0.6 is 0 Å². The summed E-state index contributed by atoms with van der Waals surface area (Å²) in [4.78, 5) is 0. The standard InChI is InChI=1S/C11H11.2ClH.Hf/c1-8-6-10-4-3-5-11(10)7-9(8)2;;;/h3-7H,1-2H3;2*1H;/q-1;;;/p-2. The molecule has 0 aliphatic heterocycles. The smallest absolute Gasteiger partial charge is 0 e. The zero-order valence-electron chi connectivity index (χ0n) is 8.14. The maximum Gasteiger partial charge on any atom is 0 e. The predicted octanol–water partition coefficient (Wildman–Crippen LogP) is -2.82. The summed E-state index contributed by atoms with van der Waals surface area (Å²) in [6.07, 6.45) is 0. The molecule has 2 aromatic rings. The molecular formula is C11H11Cl2Hf-3. The van der Waals surface area contributed by atoms with Gasteiger partial charge >= 0.3 is 0 Å². The second kappa shape index (κ2) is 6.71. The second-order valence-electron chi connectivity index (χ2n) is 3.09. The van der Waals surface area contributed by atoms with E-state index in [4.69, 9.17) is 0 Å². The minimum Gasteiger partial charge on any atom is -1.00 e. The minimum atomic E-state index is 0. The van der Waals surface area contributed by atoms with Crippen molar-refractivity contribution < 1.29 is 50.7 Å². The first-order valence-corrected chi connectivity index (χ1v) is 3.90. The van der Waals surface area contributed by atoms with Gasteiger partial charge < -0.3 is 24.8 Å². The molecule has 0 saturated heterocycles. The topological polar surface area (TPSA) is 0 Å². The van der Waals surface area contributed by atoms with Gasteiger partial charge in [-0.1, -0.05) is 11.1 Å². The van der Waals surface area contributed by atoms with E-state index in [2.05, 4.69) is 44.2 Å². The fraction of sp³-hybridized carbons (Fsp3) is 0.182. The van der Waals surface area contributed by atoms with Crippen molar-refractivity contribution in [2.75, 3.05) is 0 Å². The van der Waals surface area contributed by atoms with E-state index in [0.717, 1.165) is 0 Å². The van der Waals surface area contributed by atoms with Crippen LogP contribution in [0.3, 0.4) is 0 Å². The summed E-state index contributed by atoms with van der Waals surface area (Å²) < 4.78 is 0. The van der Waals surface area contributed by atoms with Crippen LogP contribution in [0.5, 0.6) is 0 Å². The van der Waals surface area contributed by atoms with Gasteiger partial charge in [0.1, 0.15) is 0 Å². The largest absolute Gasteiger partial charge is 1.00 e. The molecule has 0 fully saturated rings. The molecule has 0 saturated carbocycles. The molecule has 0 atom stereocenters. The molecule has 0 aromatic heterocycles. The van der Waals surface area contributed by atoms with Crippen molar-refractivity contribution in [1.82, 2.24) is 0 Å². The molecule has 0 aliphatic carbocycles. The van der Waals surface area contributed by atoms with Crippen LogP contribution in [-0.4, -0.2) is 0 Å². The van der Waals surface area contributed by atoms with Crippen LogP contribution in [0, 0.1) is 13.8 Å². The summed E-state index contributed by atoms with van der Waals surface area (Å²) in [5, 5.41) is 2.71. The van der Waals surface area contributed by atoms with Crippen LogP contribution in [0.25, 0.3) is 10.8 Å². The van der Waals surface area contributed by atoms with Gasteiger partial charge in [-0.2, -0.15) is 12.1 Å². The van der Waals surface area contributed by atoms with Gasteiger partial charge in [0.25, 0.3) is 0 Å². The molecule has 0 amide bonds. The van der Waals surface area contributed by atoms with Gasteiger partial charge in [0, 0.05) is 25.8 Å². The van der Waals surface area contributed by atoms with Gasteiger partial charge in [-0.05, 0) is 13.8 Å². The number of rotatable bonds is 0. The van der Waals surface area contributed by atoms with Gasteiger partial charge in [-0.15, -0.1) is 29.0 Å². The molecule has 0 bridgehead atoms. The molecule has 0 spiro atoms. The van der Waals surface area contributed by atoms with Crippen molar-refractivity contribution in [3.05, 3.63) is 41.5 Å². The van der Waals surface area contributed by atoms with E-state index >= 15 is 0 Å². The average Bonchev–Trinajstić information content (AvgIpc) is 2.36. The monoisotopic (exact) mass is 393 g/mol. The maximum absolute atomic E-state index is 2.24. The van der Waals surface area contributed by atoms with Gasteiger partial charge in [-0.3, -0.25) is 0 Å². The van der Waals surface area contributed by atoms with Crippen molar-refractivity contribution in [2.45, 2.75) is 13.8 Å². The number of halogens is 2. The summed E-state index contributed by atoms with van der Waals surface area (Å²) in [5.74, 6) is 0. The van der Waals surface area contributed by atoms with E-state index in [1.54, 1.807) is 0 Å². The van der Waals surface area contributed by atoms with Crippen LogP contribution in [0.4, 0.5) is 0 Å². The van der Waals surface area contributed by atoms with E-state index in [0.29, 0.717) is 0 Å². The Morgan fingerprint density at radius 3 is 2.21 bits per heavy atom. The number of hydrogen-bond donors (Lipinski definition) is 0. The average molecular weight is 393 g/mol. The molecule has 0 N–H and O–H groups in total. The van der Waals surface area contributed by atoms with Gasteiger partial charge in [-0.25, -0.2) is 0 Å². The van der Waals surface area contributed by atoms with Crippen LogP contribution < -0.4 is 24.8 Å². The Morgan fingerprint density at radius 1 is 1.00 bits per heavy atom. The summed E-state index contributed by atoms with van der Waals surface area (Å²) in [6.45, 7) is 4.31. The zero-order valence-corrected chi connectivity index (χ0v) is 13.2. The zero-order chi connectivity index (χ0) is 7.84. The third-order valence-corrected chi connectivity index (χ3v) is 2.25. The summed E-state index contributed by atoms with van der Waals surface area (Å²) in [6, 6.07) is 10.9. The van der Waals surface area contributed by atoms with Crippen molar-refractivity contribution >= 4 is 10.8 Å². The first-order chi connectivity index (χ1) is 5.27. The Labute approximate surface area is 116 Å². The normalized spacial score (nSPS) is 8.43. The van der Waals surface area contributed by atoms with Gasteiger partial charge in [0.05, 0.1) is 0 Å². The van der Waals surface area contributed by atoms with Crippen LogP contribution in [-0.2, 0) is 25.8 Å². The van der Waals surface area contributed by atoms with Crippen LogP contribution in [0.1, 0.15) is 11.1 Å². The van der Waals surface area contributed by atoms with Crippen LogP contribution in [0.15, 0.2) is 30.3 Å². The van der Waals surface area contributed by atoms with Crippen molar-refractivity contribution in [3.8, 4) is 0 Å². The number of fused-ring (bicyclic) bond motifs is 1. The quantitative estimate of drug-likeness (QED) is 0.335. The van der Waals surface area contributed by atoms with E-state index in [1.165, 1.54) is 21.9 Å². The Hall–Kier alpha value is 0.280.